The maximum absolute atomic E-state index is 14.8. The molecule has 0 spiro atoms. The molecule has 0 bridgehead atoms. The highest BCUT2D eigenvalue weighted by Crippen LogP contribution is 2.42. The van der Waals surface area contributed by atoms with E-state index < -0.39 is 153 Å². The van der Waals surface area contributed by atoms with Crippen LogP contribution in [0.15, 0.2) is 109 Å². The third kappa shape index (κ3) is 15.0. The highest BCUT2D eigenvalue weighted by atomic mass is 16.8. The Morgan fingerprint density at radius 2 is 1.41 bits per heavy atom. The van der Waals surface area contributed by atoms with E-state index >= 15 is 0 Å². The van der Waals surface area contributed by atoms with E-state index in [2.05, 4.69) is 22.2 Å². The van der Waals surface area contributed by atoms with Crippen molar-refractivity contribution in [1.29, 1.82) is 0 Å². The molecule has 5 fully saturated rings. The van der Waals surface area contributed by atoms with Gasteiger partial charge in [-0.05, 0) is 56.4 Å². The van der Waals surface area contributed by atoms with Gasteiger partial charge in [-0.2, -0.15) is 0 Å². The van der Waals surface area contributed by atoms with Crippen LogP contribution >= 0.6 is 0 Å². The van der Waals surface area contributed by atoms with E-state index in [1.165, 1.54) is 23.7 Å². The summed E-state index contributed by atoms with van der Waals surface area (Å²) >= 11 is 0. The summed E-state index contributed by atoms with van der Waals surface area (Å²) in [5, 5.41) is 111. The number of aliphatic hydroxyl groups is 8. The molecule has 2 saturated carbocycles. The van der Waals surface area contributed by atoms with Crippen molar-refractivity contribution in [3.8, 4) is 17.0 Å². The summed E-state index contributed by atoms with van der Waals surface area (Å²) in [6.45, 7) is 3.26. The molecular weight excluding hydrogens is 1150 g/mol. The molecule has 10 rings (SSSR count). The van der Waals surface area contributed by atoms with Crippen molar-refractivity contribution in [2.75, 3.05) is 33.0 Å². The van der Waals surface area contributed by atoms with Crippen LogP contribution in [0.25, 0.3) is 17.3 Å². The van der Waals surface area contributed by atoms with Gasteiger partial charge in [-0.25, -0.2) is 14.3 Å². The number of hydrogen-bond donors (Lipinski definition) is 10. The number of esters is 1. The molecule has 478 valence electrons. The van der Waals surface area contributed by atoms with Crippen molar-refractivity contribution < 1.29 is 108 Å². The summed E-state index contributed by atoms with van der Waals surface area (Å²) in [6, 6.07) is 23.0. The normalized spacial score (nSPS) is 33.9. The van der Waals surface area contributed by atoms with Crippen LogP contribution in [0.1, 0.15) is 80.3 Å². The van der Waals surface area contributed by atoms with E-state index in [1.54, 1.807) is 60.8 Å². The van der Waals surface area contributed by atoms with Crippen LogP contribution in [-0.4, -0.2) is 222 Å². The number of carbonyl (C=O) groups excluding carboxylic acids is 2. The molecule has 5 heterocycles. The van der Waals surface area contributed by atoms with Gasteiger partial charge < -0.3 is 98.6 Å². The van der Waals surface area contributed by atoms with Crippen molar-refractivity contribution >= 4 is 23.9 Å². The third-order valence-electron chi connectivity index (χ3n) is 17.2. The van der Waals surface area contributed by atoms with Crippen LogP contribution in [0, 0.1) is 11.8 Å². The van der Waals surface area contributed by atoms with Gasteiger partial charge in [0, 0.05) is 29.2 Å². The Labute approximate surface area is 507 Å². The van der Waals surface area contributed by atoms with E-state index in [9.17, 15) is 60.3 Å². The lowest BCUT2D eigenvalue weighted by Gasteiger charge is -2.48. The standard InChI is InChI=1S/C62H78N4O22/c1-32-39(25-37-20-12-13-21-42(37)81-32)31-80-54-48(70)45(29-67)85-60(52(54)74)79-23-22-63-57(75)38-26-41(66-28-40(64-65-66)35-16-8-4-9-17-35)53(88-61-51(73)50(72)47(69)33(2)82-61)43(27-38)84-62-56(87-59(78)36-18-10-5-11-19-36)55(49(71)46(30-68)86-62)83-44(58(76)77)24-34-14-6-3-7-15-34/h4-5,8-13,16-21,25,28,33-34,38,41,43-56,60-62,67-74H,1,3,6-7,14-15,22-24,26-27,29-31H2,2H3,(H,63,75)(H,76,77)/t33?,38?,41?,43-,44+,45?,46+,47-,48-,49+,50+,51?,52?,53-,54?,55?,56?,60+,61+,62-/m1/s1. The number of ether oxygens (including phenoxy) is 10. The van der Waals surface area contributed by atoms with E-state index in [4.69, 9.17) is 47.4 Å². The Hall–Kier alpha value is -6.15. The highest BCUT2D eigenvalue weighted by molar-refractivity contribution is 5.89. The fraction of sp³-hybridized carbons (Fsp3) is 0.565. The Bertz CT molecular complexity index is 2990. The molecule has 3 aromatic carbocycles. The largest absolute Gasteiger partial charge is 0.479 e. The lowest BCUT2D eigenvalue weighted by Crippen LogP contribution is -2.64. The summed E-state index contributed by atoms with van der Waals surface area (Å²) in [6.07, 6.45) is -20.8. The Morgan fingerprint density at radius 3 is 2.12 bits per heavy atom. The first-order chi connectivity index (χ1) is 42.5. The quantitative estimate of drug-likeness (QED) is 0.0372. The molecule has 2 aliphatic carbocycles. The SMILES string of the molecule is C=C1Oc2ccccc2C=C1COC1C(O)[C@@H](OCCNC(=O)C2CC(n3cc(-c4ccccc4)nn3)[C@@H](O[C@@H]3OC(C)[C@@H](O)[C@H](O)C3O)[C@H](O[C@@H]3O[C@@H](CO)[C@H](O)C(O[C@@H](CC4CCCCC4)C(=O)O)C3OC(=O)c3ccccc3)C2)OC(CO)[C@H]1O. The zero-order valence-corrected chi connectivity index (χ0v) is 48.4. The fourth-order valence-corrected chi connectivity index (χ4v) is 12.3. The maximum atomic E-state index is 14.8. The number of hydrogen-bond acceptors (Lipinski definition) is 23. The van der Waals surface area contributed by atoms with Crippen molar-refractivity contribution in [1.82, 2.24) is 20.3 Å². The second-order valence-corrected chi connectivity index (χ2v) is 23.1. The summed E-state index contributed by atoms with van der Waals surface area (Å²) in [5.74, 6) is -3.08. The molecule has 0 radical (unpaired) electrons. The maximum Gasteiger partial charge on any atom is 0.338 e. The van der Waals surface area contributed by atoms with Gasteiger partial charge in [-0.3, -0.25) is 4.79 Å². The zero-order chi connectivity index (χ0) is 62.2. The molecular formula is C62H78N4O22. The lowest BCUT2D eigenvalue weighted by molar-refractivity contribution is -0.348. The average molecular weight is 1230 g/mol. The average Bonchev–Trinajstić information content (AvgIpc) is 1.47. The lowest BCUT2D eigenvalue weighted by atomic mass is 9.80. The number of rotatable bonds is 23. The molecule has 20 atom stereocenters. The number of carboxylic acid groups (broad SMARTS) is 1. The van der Waals surface area contributed by atoms with Crippen LogP contribution < -0.4 is 10.1 Å². The monoisotopic (exact) mass is 1230 g/mol. The highest BCUT2D eigenvalue weighted by Gasteiger charge is 2.55. The van der Waals surface area contributed by atoms with E-state index in [-0.39, 0.29) is 50.5 Å². The van der Waals surface area contributed by atoms with Crippen molar-refractivity contribution in [2.24, 2.45) is 11.8 Å². The molecule has 4 aromatic rings. The van der Waals surface area contributed by atoms with E-state index in [1.807, 2.05) is 24.3 Å². The van der Waals surface area contributed by atoms with Gasteiger partial charge in [0.25, 0.3) is 0 Å². The predicted octanol–water partition coefficient (Wildman–Crippen LogP) is 1.55. The van der Waals surface area contributed by atoms with Gasteiger partial charge in [-0.15, -0.1) is 5.10 Å². The molecule has 9 unspecified atom stereocenters. The van der Waals surface area contributed by atoms with Crippen LogP contribution in [0.2, 0.25) is 0 Å². The number of nitrogens with one attached hydrogen (secondary N) is 1. The number of benzene rings is 3. The molecule has 4 aliphatic heterocycles. The second kappa shape index (κ2) is 29.7. The molecule has 88 heavy (non-hydrogen) atoms. The summed E-state index contributed by atoms with van der Waals surface area (Å²) < 4.78 is 63.4. The Morgan fingerprint density at radius 1 is 0.727 bits per heavy atom. The van der Waals surface area contributed by atoms with Gasteiger partial charge in [-0.1, -0.05) is 111 Å². The number of carboxylic acids is 1. The number of para-hydroxylation sites is 1. The third-order valence-corrected chi connectivity index (χ3v) is 17.2. The van der Waals surface area contributed by atoms with Gasteiger partial charge in [0.2, 0.25) is 5.91 Å². The number of nitrogens with zero attached hydrogens (tertiary/aromatic N) is 3. The van der Waals surface area contributed by atoms with Crippen molar-refractivity contribution in [3.05, 3.63) is 120 Å². The molecule has 3 saturated heterocycles. The topological polar surface area (TPSA) is 368 Å². The van der Waals surface area contributed by atoms with Crippen molar-refractivity contribution in [2.45, 2.75) is 175 Å². The minimum absolute atomic E-state index is 0.0397. The first-order valence-corrected chi connectivity index (χ1v) is 29.9. The Kier molecular flexibility index (Phi) is 21.8. The number of aliphatic hydroxyl groups excluding tert-OH is 8. The van der Waals surface area contributed by atoms with Crippen LogP contribution in [-0.2, 0) is 52.2 Å². The number of fused-ring (bicyclic) bond motifs is 1. The number of aromatic nitrogens is 3. The van der Waals surface area contributed by atoms with Gasteiger partial charge in [0.1, 0.15) is 84.3 Å². The second-order valence-electron chi connectivity index (χ2n) is 23.1. The van der Waals surface area contributed by atoms with Crippen LogP contribution in [0.4, 0.5) is 0 Å². The molecule has 26 heteroatoms. The number of aliphatic carboxylic acids is 1. The predicted molar refractivity (Wildman–Crippen MR) is 305 cm³/mol. The summed E-state index contributed by atoms with van der Waals surface area (Å²) in [5.41, 5.74) is 2.42. The first-order valence-electron chi connectivity index (χ1n) is 29.9. The van der Waals surface area contributed by atoms with Crippen LogP contribution in [0.3, 0.4) is 0 Å². The molecule has 1 aromatic heterocycles. The van der Waals surface area contributed by atoms with Gasteiger partial charge in [0.05, 0.1) is 56.4 Å². The van der Waals surface area contributed by atoms with Gasteiger partial charge in [0.15, 0.2) is 31.1 Å². The van der Waals surface area contributed by atoms with E-state index in [0.29, 0.717) is 28.3 Å². The first kappa shape index (κ1) is 64.8. The number of carbonyl (C=O) groups is 3. The molecule has 10 N–H and O–H groups in total. The van der Waals surface area contributed by atoms with Gasteiger partial charge >= 0.3 is 11.9 Å². The van der Waals surface area contributed by atoms with Crippen LogP contribution in [0.5, 0.6) is 5.75 Å². The zero-order valence-electron chi connectivity index (χ0n) is 48.4. The minimum atomic E-state index is -1.86. The van der Waals surface area contributed by atoms with E-state index in [0.717, 1.165) is 37.7 Å². The minimum Gasteiger partial charge on any atom is -0.479 e. The fourth-order valence-electron chi connectivity index (χ4n) is 12.3. The molecule has 26 nitrogen and oxygen atoms in total. The summed E-state index contributed by atoms with van der Waals surface area (Å²) in [7, 11) is 0. The summed E-state index contributed by atoms with van der Waals surface area (Å²) in [4.78, 5) is 42.1. The molecule has 6 aliphatic rings. The molecule has 1 amide bonds. The van der Waals surface area contributed by atoms with Crippen molar-refractivity contribution in [3.63, 3.8) is 0 Å². The Balaban J connectivity index is 0.939. The smallest absolute Gasteiger partial charge is 0.338 e. The number of amides is 1.